The molecule has 0 saturated carbocycles. The van der Waals surface area contributed by atoms with E-state index in [-0.39, 0.29) is 10.6 Å². The molecule has 1 unspecified atom stereocenters. The van der Waals surface area contributed by atoms with Crippen molar-refractivity contribution in [3.05, 3.63) is 47.8 Å². The first-order chi connectivity index (χ1) is 12.8. The molecule has 0 spiro atoms. The molecule has 0 aliphatic carbocycles. The van der Waals surface area contributed by atoms with Crippen molar-refractivity contribution in [2.45, 2.75) is 25.9 Å². The predicted octanol–water partition coefficient (Wildman–Crippen LogP) is 4.03. The van der Waals surface area contributed by atoms with Gasteiger partial charge < -0.3 is 9.84 Å². The quantitative estimate of drug-likeness (QED) is 0.735. The monoisotopic (exact) mass is 386 g/mol. The van der Waals surface area contributed by atoms with Gasteiger partial charge in [-0.25, -0.2) is 14.3 Å². The number of amides is 1. The zero-order chi connectivity index (χ0) is 19.3. The van der Waals surface area contributed by atoms with Crippen molar-refractivity contribution < 1.29 is 23.8 Å². The van der Waals surface area contributed by atoms with E-state index in [0.717, 1.165) is 16.9 Å². The van der Waals surface area contributed by atoms with Crippen LogP contribution in [0, 0.1) is 12.7 Å². The van der Waals surface area contributed by atoms with Crippen LogP contribution < -0.4 is 9.64 Å². The molecule has 1 aromatic heterocycles. The minimum atomic E-state index is -1.60. The number of carboxylic acid groups (broad SMARTS) is 1. The number of carboxylic acids is 1. The maximum atomic E-state index is 14.1. The number of nitrogens with zero attached hydrogens (tertiary/aromatic N) is 2. The molecule has 3 aromatic rings. The van der Waals surface area contributed by atoms with Gasteiger partial charge in [0.25, 0.3) is 5.91 Å². The Labute approximate surface area is 157 Å². The van der Waals surface area contributed by atoms with E-state index in [9.17, 15) is 19.1 Å². The number of thiazole rings is 1. The second-order valence-corrected chi connectivity index (χ2v) is 7.56. The van der Waals surface area contributed by atoms with Crippen molar-refractivity contribution >= 4 is 44.2 Å². The first kappa shape index (κ1) is 17.4. The lowest BCUT2D eigenvalue weighted by atomic mass is 9.96. The standard InChI is InChI=1S/C19H15FN2O4S/c1-10-5-3-7-12-16(10)26-19(2,9-14(23)24)17(25)22(12)18-21-15-11(20)6-4-8-13(15)27-18/h3-8H,9H2,1-2H3,(H,23,24). The number of aliphatic carboxylic acids is 1. The van der Waals surface area contributed by atoms with Crippen molar-refractivity contribution in [2.75, 3.05) is 4.90 Å². The number of aryl methyl sites for hydroxylation is 1. The fourth-order valence-electron chi connectivity index (χ4n) is 3.15. The Kier molecular flexibility index (Phi) is 3.88. The van der Waals surface area contributed by atoms with Gasteiger partial charge in [-0.1, -0.05) is 29.5 Å². The van der Waals surface area contributed by atoms with E-state index in [1.165, 1.54) is 17.9 Å². The Balaban J connectivity index is 1.94. The van der Waals surface area contributed by atoms with Crippen LogP contribution in [-0.2, 0) is 9.59 Å². The minimum Gasteiger partial charge on any atom is -0.481 e. The fourth-order valence-corrected chi connectivity index (χ4v) is 4.14. The Bertz CT molecular complexity index is 1100. The number of carbonyl (C=O) groups is 2. The maximum Gasteiger partial charge on any atom is 0.307 e. The van der Waals surface area contributed by atoms with Gasteiger partial charge in [-0.2, -0.15) is 0 Å². The third kappa shape index (κ3) is 2.73. The van der Waals surface area contributed by atoms with Gasteiger partial charge in [0.2, 0.25) is 0 Å². The number of hydrogen-bond acceptors (Lipinski definition) is 5. The number of hydrogen-bond donors (Lipinski definition) is 1. The average molecular weight is 386 g/mol. The van der Waals surface area contributed by atoms with Crippen molar-refractivity contribution in [2.24, 2.45) is 0 Å². The molecule has 138 valence electrons. The summed E-state index contributed by atoms with van der Waals surface area (Å²) >= 11 is 1.16. The first-order valence-electron chi connectivity index (χ1n) is 8.20. The summed E-state index contributed by atoms with van der Waals surface area (Å²) in [5.74, 6) is -1.77. The van der Waals surface area contributed by atoms with Crippen molar-refractivity contribution in [1.29, 1.82) is 0 Å². The van der Waals surface area contributed by atoms with Crippen LogP contribution in [-0.4, -0.2) is 27.6 Å². The molecule has 6 nitrogen and oxygen atoms in total. The number of fused-ring (bicyclic) bond motifs is 2. The van der Waals surface area contributed by atoms with Gasteiger partial charge in [-0.15, -0.1) is 0 Å². The third-order valence-electron chi connectivity index (χ3n) is 4.45. The molecule has 1 aliphatic rings. The van der Waals surface area contributed by atoms with Crippen LogP contribution in [0.15, 0.2) is 36.4 Å². The summed E-state index contributed by atoms with van der Waals surface area (Å²) in [7, 11) is 0. The van der Waals surface area contributed by atoms with E-state index in [0.29, 0.717) is 16.1 Å². The van der Waals surface area contributed by atoms with Gasteiger partial charge >= 0.3 is 5.97 Å². The van der Waals surface area contributed by atoms with Gasteiger partial charge in [0, 0.05) is 0 Å². The largest absolute Gasteiger partial charge is 0.481 e. The molecule has 1 atom stereocenters. The molecule has 4 rings (SSSR count). The number of rotatable bonds is 3. The summed E-state index contributed by atoms with van der Waals surface area (Å²) < 4.78 is 20.5. The van der Waals surface area contributed by atoms with E-state index < -0.39 is 29.7 Å². The van der Waals surface area contributed by atoms with Crippen LogP contribution in [0.4, 0.5) is 15.2 Å². The van der Waals surface area contributed by atoms with E-state index in [1.54, 1.807) is 24.3 Å². The molecule has 0 radical (unpaired) electrons. The Morgan fingerprint density at radius 2 is 2.07 bits per heavy atom. The first-order valence-corrected chi connectivity index (χ1v) is 9.02. The Morgan fingerprint density at radius 3 is 2.78 bits per heavy atom. The lowest BCUT2D eigenvalue weighted by molar-refractivity contribution is -0.148. The highest BCUT2D eigenvalue weighted by atomic mass is 32.1. The summed E-state index contributed by atoms with van der Waals surface area (Å²) in [4.78, 5) is 30.2. The molecule has 0 fully saturated rings. The Morgan fingerprint density at radius 1 is 1.33 bits per heavy atom. The van der Waals surface area contributed by atoms with Crippen LogP contribution >= 0.6 is 11.3 Å². The van der Waals surface area contributed by atoms with Crippen LogP contribution in [0.5, 0.6) is 5.75 Å². The number of benzene rings is 2. The molecule has 27 heavy (non-hydrogen) atoms. The van der Waals surface area contributed by atoms with Crippen molar-refractivity contribution in [3.8, 4) is 5.75 Å². The molecule has 2 aromatic carbocycles. The van der Waals surface area contributed by atoms with Crippen molar-refractivity contribution in [1.82, 2.24) is 4.98 Å². The molecule has 0 saturated heterocycles. The second kappa shape index (κ2) is 6.02. The summed E-state index contributed by atoms with van der Waals surface area (Å²) in [5.41, 5.74) is -0.205. The molecule has 1 aliphatic heterocycles. The average Bonchev–Trinajstić information content (AvgIpc) is 3.02. The van der Waals surface area contributed by atoms with Crippen LogP contribution in [0.1, 0.15) is 18.9 Å². The van der Waals surface area contributed by atoms with Crippen LogP contribution in [0.25, 0.3) is 10.2 Å². The highest BCUT2D eigenvalue weighted by Gasteiger charge is 2.48. The van der Waals surface area contributed by atoms with Crippen LogP contribution in [0.2, 0.25) is 0 Å². The van der Waals surface area contributed by atoms with Gasteiger partial charge in [-0.3, -0.25) is 9.59 Å². The number of anilines is 2. The highest BCUT2D eigenvalue weighted by Crippen LogP contribution is 2.46. The van der Waals surface area contributed by atoms with Gasteiger partial charge in [0.1, 0.15) is 17.1 Å². The predicted molar refractivity (Wildman–Crippen MR) is 99.2 cm³/mol. The SMILES string of the molecule is Cc1cccc2c1OC(C)(CC(=O)O)C(=O)N2c1nc2c(F)cccc2s1. The Hall–Kier alpha value is -3.00. The zero-order valence-corrected chi connectivity index (χ0v) is 15.3. The highest BCUT2D eigenvalue weighted by molar-refractivity contribution is 7.22. The molecule has 1 amide bonds. The molecule has 8 heteroatoms. The topological polar surface area (TPSA) is 79.7 Å². The molecular weight excluding hydrogens is 371 g/mol. The second-order valence-electron chi connectivity index (χ2n) is 6.55. The van der Waals surface area contributed by atoms with Crippen LogP contribution in [0.3, 0.4) is 0 Å². The van der Waals surface area contributed by atoms with E-state index >= 15 is 0 Å². The number of halogens is 1. The number of ether oxygens (including phenoxy) is 1. The minimum absolute atomic E-state index is 0.172. The lowest BCUT2D eigenvalue weighted by Gasteiger charge is -2.39. The lowest BCUT2D eigenvalue weighted by Crippen LogP contribution is -2.53. The maximum absolute atomic E-state index is 14.1. The number of carbonyl (C=O) groups excluding carboxylic acids is 1. The normalized spacial score (nSPS) is 19.1. The smallest absolute Gasteiger partial charge is 0.307 e. The zero-order valence-electron chi connectivity index (χ0n) is 14.5. The van der Waals surface area contributed by atoms with Gasteiger partial charge in [-0.05, 0) is 37.6 Å². The van der Waals surface area contributed by atoms with Crippen molar-refractivity contribution in [3.63, 3.8) is 0 Å². The molecule has 0 bridgehead atoms. The summed E-state index contributed by atoms with van der Waals surface area (Å²) in [6.07, 6.45) is -0.505. The molecule has 1 N–H and O–H groups in total. The third-order valence-corrected chi connectivity index (χ3v) is 5.46. The molecular formula is C19H15FN2O4S. The summed E-state index contributed by atoms with van der Waals surface area (Å²) in [6.45, 7) is 3.26. The number of para-hydroxylation sites is 2. The fraction of sp³-hybridized carbons (Fsp3) is 0.211. The summed E-state index contributed by atoms with van der Waals surface area (Å²) in [6, 6.07) is 9.88. The number of aromatic nitrogens is 1. The van der Waals surface area contributed by atoms with Gasteiger partial charge in [0.05, 0.1) is 16.8 Å². The van der Waals surface area contributed by atoms with Gasteiger partial charge in [0.15, 0.2) is 10.7 Å². The van der Waals surface area contributed by atoms with E-state index in [4.69, 9.17) is 4.74 Å². The molecule has 2 heterocycles. The van der Waals surface area contributed by atoms with E-state index in [1.807, 2.05) is 13.0 Å². The summed E-state index contributed by atoms with van der Waals surface area (Å²) in [5, 5.41) is 9.53. The van der Waals surface area contributed by atoms with E-state index in [2.05, 4.69) is 4.98 Å².